The maximum Gasteiger partial charge on any atom is 0.352 e. The molecule has 0 bridgehead atoms. The van der Waals surface area contributed by atoms with Crippen molar-refractivity contribution in [3.63, 3.8) is 0 Å². The smallest absolute Gasteiger partial charge is 0.352 e. The van der Waals surface area contributed by atoms with Crippen LogP contribution in [0.4, 0.5) is 11.1 Å². The monoisotopic (exact) mass is 709 g/mol. The van der Waals surface area contributed by atoms with Crippen LogP contribution in [0.5, 0.6) is 0 Å². The lowest BCUT2D eigenvalue weighted by molar-refractivity contribution is -0.664. The normalized spacial score (nSPS) is 19.3. The molecule has 250 valence electrons. The number of nitrogens with one attached hydrogen (secondary N) is 1. The number of amides is 2. The van der Waals surface area contributed by atoms with Crippen LogP contribution in [0.1, 0.15) is 19.0 Å². The quantitative estimate of drug-likeness (QED) is 0.0482. The van der Waals surface area contributed by atoms with E-state index in [4.69, 9.17) is 38.7 Å². The minimum absolute atomic E-state index is 0.00296. The third-order valence-corrected chi connectivity index (χ3v) is 9.78. The van der Waals surface area contributed by atoms with Crippen LogP contribution in [0.15, 0.2) is 34.8 Å². The van der Waals surface area contributed by atoms with Crippen LogP contribution in [0.25, 0.3) is 11.2 Å². The topological polar surface area (TPSA) is 278 Å². The number of thioether (sulfide) groups is 1. The standard InChI is InChI=1S/C26H29ClN10O8S2/c1-10(23(41)42)45-34-15(14-18(27)47-26(30)32-14)20(39)31-16-21(40)37-17(24(43)44)11(9-46-22(16)37)7-35-5-2-3-13-19(35)33-25(29)36(13)6-4-12(28)8-38/h2-3,5,10,12,16,22,29,38H,4,6-9,28H2,1H3,(H5,30,31,32,39,41,42,43,44)/p+1/b34-15-/t10-,12-,16+,22?/m0/s1. The van der Waals surface area contributed by atoms with Crippen molar-refractivity contribution in [1.29, 1.82) is 0 Å². The van der Waals surface area contributed by atoms with E-state index in [1.807, 2.05) is 6.07 Å². The second-order valence-electron chi connectivity index (χ2n) is 10.5. The number of oxime groups is 1. The molecule has 1 unspecified atom stereocenters. The molecule has 47 heavy (non-hydrogen) atoms. The predicted molar refractivity (Wildman–Crippen MR) is 170 cm³/mol. The highest BCUT2D eigenvalue weighted by atomic mass is 35.5. The fourth-order valence-corrected chi connectivity index (χ4v) is 7.22. The zero-order valence-electron chi connectivity index (χ0n) is 24.6. The minimum Gasteiger partial charge on any atom is -0.478 e. The molecular formula is C26H30ClN10O8S2+. The summed E-state index contributed by atoms with van der Waals surface area (Å²) in [5.41, 5.74) is 18.4. The van der Waals surface area contributed by atoms with Crippen molar-refractivity contribution in [3.05, 3.63) is 39.6 Å². The highest BCUT2D eigenvalue weighted by Crippen LogP contribution is 2.40. The van der Waals surface area contributed by atoms with Gasteiger partial charge in [-0.15, -0.1) is 11.8 Å². The second kappa shape index (κ2) is 13.7. The Morgan fingerprint density at radius 2 is 2.04 bits per heavy atom. The number of hydrogen-bond acceptors (Lipinski definition) is 14. The molecule has 5 heterocycles. The fourth-order valence-electron chi connectivity index (χ4n) is 4.96. The van der Waals surface area contributed by atoms with Crippen molar-refractivity contribution in [2.75, 3.05) is 23.8 Å². The number of anilines is 2. The summed E-state index contributed by atoms with van der Waals surface area (Å²) >= 11 is 8.25. The molecule has 0 radical (unpaired) electrons. The number of halogens is 1. The number of imidazole rings is 1. The fraction of sp³-hybridized carbons (Fsp3) is 0.385. The van der Waals surface area contributed by atoms with E-state index in [-0.39, 0.29) is 45.7 Å². The maximum atomic E-state index is 13.4. The number of β-lactam (4-membered cyclic amide) rings is 1. The van der Waals surface area contributed by atoms with Gasteiger partial charge in [0, 0.05) is 23.9 Å². The van der Waals surface area contributed by atoms with E-state index in [2.05, 4.69) is 20.4 Å². The molecule has 10 N–H and O–H groups in total. The van der Waals surface area contributed by atoms with Gasteiger partial charge in [-0.05, 0) is 30.5 Å². The Morgan fingerprint density at radius 3 is 2.68 bits per heavy atom. The Balaban J connectivity index is 1.38. The van der Waals surface area contributed by atoms with Crippen LogP contribution < -0.4 is 27.1 Å². The molecule has 0 spiro atoms. The van der Waals surface area contributed by atoms with Crippen LogP contribution >= 0.6 is 34.7 Å². The SMILES string of the molecule is C[C@H](O/N=C(\C(=O)N[C@@H]1C(=O)N2C(C(=O)O)=C(C[n+]3cccc4c3nc(N)n4CC[C@H](N)CO)CSC12)c1nc(N)sc1Cl)C(=O)O. The molecule has 1 fully saturated rings. The van der Waals surface area contributed by atoms with E-state index in [9.17, 15) is 29.4 Å². The number of nitrogens with zero attached hydrogens (tertiary/aromatic N) is 6. The van der Waals surface area contributed by atoms with Crippen molar-refractivity contribution in [2.24, 2.45) is 10.9 Å². The first-order valence-corrected chi connectivity index (χ1v) is 16.2. The molecule has 0 saturated carbocycles. The molecule has 1 saturated heterocycles. The van der Waals surface area contributed by atoms with Crippen molar-refractivity contribution >= 4 is 86.4 Å². The summed E-state index contributed by atoms with van der Waals surface area (Å²) in [6.45, 7) is 1.49. The largest absolute Gasteiger partial charge is 0.478 e. The number of nitrogens with two attached hydrogens (primary N) is 3. The zero-order valence-corrected chi connectivity index (χ0v) is 27.0. The maximum absolute atomic E-state index is 13.4. The van der Waals surface area contributed by atoms with Gasteiger partial charge in [0.2, 0.25) is 6.10 Å². The number of rotatable bonds is 13. The van der Waals surface area contributed by atoms with Crippen LogP contribution in [-0.2, 0) is 37.1 Å². The summed E-state index contributed by atoms with van der Waals surface area (Å²) < 4.78 is 3.45. The summed E-state index contributed by atoms with van der Waals surface area (Å²) in [7, 11) is 0. The van der Waals surface area contributed by atoms with E-state index < -0.39 is 53.0 Å². The summed E-state index contributed by atoms with van der Waals surface area (Å²) in [5, 5.41) is 34.0. The summed E-state index contributed by atoms with van der Waals surface area (Å²) in [4.78, 5) is 64.9. The molecule has 0 aliphatic carbocycles. The van der Waals surface area contributed by atoms with E-state index in [0.29, 0.717) is 29.7 Å². The van der Waals surface area contributed by atoms with E-state index >= 15 is 0 Å². The minimum atomic E-state index is -1.43. The van der Waals surface area contributed by atoms with Crippen LogP contribution in [0.3, 0.4) is 0 Å². The molecule has 4 atom stereocenters. The molecule has 0 aromatic carbocycles. The second-order valence-corrected chi connectivity index (χ2v) is 13.3. The number of aryl methyl sites for hydroxylation is 1. The van der Waals surface area contributed by atoms with Gasteiger partial charge in [0.25, 0.3) is 11.8 Å². The number of aliphatic carboxylic acids is 2. The molecule has 3 aromatic heterocycles. The number of aromatic nitrogens is 4. The first kappa shape index (κ1) is 33.9. The molecule has 5 rings (SSSR count). The summed E-state index contributed by atoms with van der Waals surface area (Å²) in [6.07, 6.45) is 0.740. The van der Waals surface area contributed by atoms with Crippen molar-refractivity contribution < 1.29 is 43.9 Å². The van der Waals surface area contributed by atoms with Gasteiger partial charge in [-0.2, -0.15) is 0 Å². The Morgan fingerprint density at radius 1 is 1.30 bits per heavy atom. The van der Waals surface area contributed by atoms with E-state index in [0.717, 1.165) is 16.2 Å². The van der Waals surface area contributed by atoms with Gasteiger partial charge in [-0.1, -0.05) is 28.1 Å². The number of hydrogen-bond donors (Lipinski definition) is 7. The number of carbonyl (C=O) groups is 4. The molecular weight excluding hydrogens is 680 g/mol. The summed E-state index contributed by atoms with van der Waals surface area (Å²) in [5.74, 6) is -3.91. The molecule has 3 aromatic rings. The van der Waals surface area contributed by atoms with Crippen molar-refractivity contribution in [3.8, 4) is 0 Å². The molecule has 18 nitrogen and oxygen atoms in total. The third kappa shape index (κ3) is 6.67. The van der Waals surface area contributed by atoms with Crippen LogP contribution in [0, 0.1) is 0 Å². The van der Waals surface area contributed by atoms with Crippen LogP contribution in [-0.4, -0.2) is 100 Å². The predicted octanol–water partition coefficient (Wildman–Crippen LogP) is -1.06. The van der Waals surface area contributed by atoms with E-state index in [1.54, 1.807) is 21.4 Å². The number of thiazole rings is 1. The number of carboxylic acid groups (broad SMARTS) is 2. The number of nitrogen functional groups attached to an aromatic ring is 2. The Bertz CT molecular complexity index is 1830. The van der Waals surface area contributed by atoms with Gasteiger partial charge >= 0.3 is 23.5 Å². The van der Waals surface area contributed by atoms with Crippen LogP contribution in [0.2, 0.25) is 4.34 Å². The van der Waals surface area contributed by atoms with Gasteiger partial charge in [-0.3, -0.25) is 19.1 Å². The average molecular weight is 710 g/mol. The molecule has 21 heteroatoms. The number of carboxylic acids is 2. The molecule has 2 aliphatic rings. The highest BCUT2D eigenvalue weighted by Gasteiger charge is 2.54. The van der Waals surface area contributed by atoms with Gasteiger partial charge in [0.1, 0.15) is 39.2 Å². The Kier molecular flexibility index (Phi) is 9.86. The number of carbonyl (C=O) groups excluding carboxylic acids is 2. The number of aliphatic hydroxyl groups is 1. The lowest BCUT2D eigenvalue weighted by Gasteiger charge is -2.49. The molecule has 2 amide bonds. The van der Waals surface area contributed by atoms with Crippen molar-refractivity contribution in [2.45, 2.75) is 50.0 Å². The number of fused-ring (bicyclic) bond motifs is 2. The first-order valence-electron chi connectivity index (χ1n) is 13.9. The van der Waals surface area contributed by atoms with Gasteiger partial charge in [-0.25, -0.2) is 19.1 Å². The zero-order chi connectivity index (χ0) is 34.2. The third-order valence-electron chi connectivity index (χ3n) is 7.36. The average Bonchev–Trinajstić information content (AvgIpc) is 3.54. The van der Waals surface area contributed by atoms with E-state index in [1.165, 1.54) is 18.7 Å². The van der Waals surface area contributed by atoms with Gasteiger partial charge in [0.15, 0.2) is 10.8 Å². The first-order chi connectivity index (χ1) is 22.3. The Labute approximate surface area is 278 Å². The Hall–Kier alpha value is -4.50. The number of pyridine rings is 1. The highest BCUT2D eigenvalue weighted by molar-refractivity contribution is 8.00. The molecule has 2 aliphatic heterocycles. The van der Waals surface area contributed by atoms with Gasteiger partial charge < -0.3 is 42.7 Å². The lowest BCUT2D eigenvalue weighted by atomic mass is 10.0. The van der Waals surface area contributed by atoms with Crippen molar-refractivity contribution in [1.82, 2.24) is 24.8 Å². The summed E-state index contributed by atoms with van der Waals surface area (Å²) in [6, 6.07) is 1.98. The lowest BCUT2D eigenvalue weighted by Crippen LogP contribution is -2.71. The van der Waals surface area contributed by atoms with Gasteiger partial charge in [0.05, 0.1) is 12.8 Å². The number of aliphatic hydroxyl groups excluding tert-OH is 1.